The Labute approximate surface area is 427 Å². The second-order valence-electron chi connectivity index (χ2n) is 22.8. The molecule has 2 rings (SSSR count). The minimum Gasteiger partial charge on any atom is -0.460 e. The van der Waals surface area contributed by atoms with Gasteiger partial charge in [-0.25, -0.2) is 4.79 Å². The van der Waals surface area contributed by atoms with Crippen molar-refractivity contribution in [3.63, 3.8) is 0 Å². The van der Waals surface area contributed by atoms with Crippen LogP contribution in [0.25, 0.3) is 0 Å². The van der Waals surface area contributed by atoms with Crippen LogP contribution in [0, 0.1) is 12.3 Å². The van der Waals surface area contributed by atoms with E-state index < -0.39 is 11.2 Å². The van der Waals surface area contributed by atoms with Gasteiger partial charge >= 0.3 is 18.0 Å². The highest BCUT2D eigenvalue weighted by atomic mass is 16.6. The molecule has 0 aliphatic carbocycles. The first-order valence-corrected chi connectivity index (χ1v) is 26.1. The van der Waals surface area contributed by atoms with Crippen LogP contribution in [0.2, 0.25) is 0 Å². The van der Waals surface area contributed by atoms with Crippen molar-refractivity contribution in [2.75, 3.05) is 91.6 Å². The average molecular weight is 999 g/mol. The van der Waals surface area contributed by atoms with Crippen LogP contribution in [0.5, 0.6) is 0 Å². The fourth-order valence-electron chi connectivity index (χ4n) is 8.24. The molecule has 1 aliphatic rings. The molecule has 0 radical (unpaired) electrons. The number of amides is 4. The van der Waals surface area contributed by atoms with Gasteiger partial charge in [0.2, 0.25) is 11.8 Å². The zero-order valence-corrected chi connectivity index (χ0v) is 46.1. The van der Waals surface area contributed by atoms with Crippen molar-refractivity contribution in [2.45, 2.75) is 171 Å². The standard InChI is InChI=1S/C54H94N8O9/c1-41-20-23-45(24-21-41)38-62(27-17-15-18-46(52(5,6)7)57-51(69)56-42(2)22-25-49(67)70-53(8,9)10)48(66)19-14-16-26-55-47(65)39-60-32-28-58(36-43(3)63)30-34-61(40-50(68)71-54(11,12)13)35-31-59(29-33-60)37-44(4)64/h20-21,23-24,42,46H,14-19,22,25-40H2,1-13H3,(H,55,65)(H2,56,57,69)/t42-,46+/m1/s1. The number of aryl methyl sites for hydroxylation is 1. The van der Waals surface area contributed by atoms with Crippen molar-refractivity contribution < 1.29 is 43.0 Å². The highest BCUT2D eigenvalue weighted by Gasteiger charge is 2.28. The lowest BCUT2D eigenvalue weighted by Crippen LogP contribution is -2.50. The average Bonchev–Trinajstić information content (AvgIpc) is 3.22. The number of ketones is 2. The Morgan fingerprint density at radius 3 is 1.59 bits per heavy atom. The van der Waals surface area contributed by atoms with Crippen molar-refractivity contribution in [3.05, 3.63) is 35.4 Å². The van der Waals surface area contributed by atoms with Gasteiger partial charge < -0.3 is 30.3 Å². The van der Waals surface area contributed by atoms with Gasteiger partial charge in [0, 0.05) is 96.9 Å². The number of benzene rings is 1. The van der Waals surface area contributed by atoms with Gasteiger partial charge in [0.15, 0.2) is 0 Å². The number of hydrogen-bond donors (Lipinski definition) is 3. The van der Waals surface area contributed by atoms with Gasteiger partial charge in [-0.2, -0.15) is 0 Å². The second kappa shape index (κ2) is 31.2. The van der Waals surface area contributed by atoms with Crippen molar-refractivity contribution in [1.82, 2.24) is 40.4 Å². The Hall–Kier alpha value is -4.45. The minimum absolute atomic E-state index is 0.0337. The van der Waals surface area contributed by atoms with Gasteiger partial charge in [-0.05, 0) is 119 Å². The van der Waals surface area contributed by atoms with Crippen molar-refractivity contribution in [2.24, 2.45) is 5.41 Å². The number of nitrogens with one attached hydrogen (secondary N) is 3. The fourth-order valence-corrected chi connectivity index (χ4v) is 8.24. The van der Waals surface area contributed by atoms with E-state index >= 15 is 0 Å². The Morgan fingerprint density at radius 2 is 1.10 bits per heavy atom. The third kappa shape index (κ3) is 30.2. The van der Waals surface area contributed by atoms with E-state index in [0.717, 1.165) is 30.4 Å². The number of urea groups is 1. The molecule has 1 fully saturated rings. The summed E-state index contributed by atoms with van der Waals surface area (Å²) in [6.45, 7) is 30.9. The third-order valence-electron chi connectivity index (χ3n) is 12.0. The molecule has 1 aromatic carbocycles. The molecule has 17 nitrogen and oxygen atoms in total. The molecule has 0 spiro atoms. The predicted octanol–water partition coefficient (Wildman–Crippen LogP) is 5.75. The lowest BCUT2D eigenvalue weighted by Gasteiger charge is -2.33. The Morgan fingerprint density at radius 1 is 0.606 bits per heavy atom. The maximum absolute atomic E-state index is 13.8. The van der Waals surface area contributed by atoms with Gasteiger partial charge in [0.1, 0.15) is 22.8 Å². The number of nitrogens with zero attached hydrogens (tertiary/aromatic N) is 5. The number of esters is 2. The lowest BCUT2D eigenvalue weighted by molar-refractivity contribution is -0.157. The molecule has 3 N–H and O–H groups in total. The van der Waals surface area contributed by atoms with Gasteiger partial charge in [0.05, 0.1) is 26.2 Å². The number of Topliss-reactive ketones (excluding diaryl/α,β-unsaturated/α-hetero) is 2. The Bertz CT molecular complexity index is 1790. The largest absolute Gasteiger partial charge is 0.460 e. The summed E-state index contributed by atoms with van der Waals surface area (Å²) in [6.07, 6.45) is 4.57. The van der Waals surface area contributed by atoms with Crippen molar-refractivity contribution in [3.8, 4) is 0 Å². The number of carbonyl (C=O) groups is 7. The molecule has 17 heteroatoms. The van der Waals surface area contributed by atoms with E-state index in [1.807, 2.05) is 65.2 Å². The molecular weight excluding hydrogens is 905 g/mol. The normalized spacial score (nSPS) is 16.1. The molecule has 0 saturated carbocycles. The summed E-state index contributed by atoms with van der Waals surface area (Å²) in [6, 6.07) is 7.61. The Balaban J connectivity index is 1.97. The first kappa shape index (κ1) is 62.7. The number of carbonyl (C=O) groups excluding carboxylic acids is 7. The molecule has 1 aliphatic heterocycles. The molecule has 0 bridgehead atoms. The van der Waals surface area contributed by atoms with E-state index in [0.29, 0.717) is 97.7 Å². The number of hydrogen-bond acceptors (Lipinski definition) is 13. The minimum atomic E-state index is -0.610. The second-order valence-corrected chi connectivity index (χ2v) is 22.8. The molecule has 1 heterocycles. The monoisotopic (exact) mass is 999 g/mol. The topological polar surface area (TPSA) is 190 Å². The van der Waals surface area contributed by atoms with Crippen LogP contribution < -0.4 is 16.0 Å². The van der Waals surface area contributed by atoms with Crippen LogP contribution in [0.15, 0.2) is 24.3 Å². The van der Waals surface area contributed by atoms with E-state index in [-0.39, 0.29) is 91.4 Å². The van der Waals surface area contributed by atoms with Crippen LogP contribution in [0.1, 0.15) is 146 Å². The first-order valence-electron chi connectivity index (χ1n) is 26.1. The van der Waals surface area contributed by atoms with E-state index in [2.05, 4.69) is 75.7 Å². The molecular formula is C54H94N8O9. The van der Waals surface area contributed by atoms with Crippen LogP contribution in [0.3, 0.4) is 0 Å². The summed E-state index contributed by atoms with van der Waals surface area (Å²) in [5.74, 6) is -0.616. The summed E-state index contributed by atoms with van der Waals surface area (Å²) in [5, 5.41) is 9.19. The van der Waals surface area contributed by atoms with Crippen LogP contribution in [-0.2, 0) is 44.8 Å². The third-order valence-corrected chi connectivity index (χ3v) is 12.0. The lowest BCUT2D eigenvalue weighted by atomic mass is 9.83. The Kier molecular flexibility index (Phi) is 27.5. The van der Waals surface area contributed by atoms with Crippen LogP contribution >= 0.6 is 0 Å². The zero-order valence-electron chi connectivity index (χ0n) is 46.1. The van der Waals surface area contributed by atoms with Crippen LogP contribution in [-0.4, -0.2) is 181 Å². The summed E-state index contributed by atoms with van der Waals surface area (Å²) in [4.78, 5) is 99.9. The van der Waals surface area contributed by atoms with E-state index in [9.17, 15) is 33.6 Å². The highest BCUT2D eigenvalue weighted by molar-refractivity contribution is 5.79. The number of unbranched alkanes of at least 4 members (excludes halogenated alkanes) is 2. The van der Waals surface area contributed by atoms with Gasteiger partial charge in [-0.3, -0.25) is 48.4 Å². The summed E-state index contributed by atoms with van der Waals surface area (Å²) in [7, 11) is 0. The van der Waals surface area contributed by atoms with E-state index in [4.69, 9.17) is 9.47 Å². The summed E-state index contributed by atoms with van der Waals surface area (Å²) in [5.41, 5.74) is 0.826. The molecule has 1 aromatic rings. The molecule has 2 atom stereocenters. The fraction of sp³-hybridized carbons (Fsp3) is 0.759. The molecule has 0 unspecified atom stereocenters. The van der Waals surface area contributed by atoms with Gasteiger partial charge in [-0.15, -0.1) is 0 Å². The summed E-state index contributed by atoms with van der Waals surface area (Å²) >= 11 is 0. The van der Waals surface area contributed by atoms with Crippen molar-refractivity contribution >= 4 is 41.4 Å². The molecule has 404 valence electrons. The maximum Gasteiger partial charge on any atom is 0.320 e. The quantitative estimate of drug-likeness (QED) is 0.0795. The molecule has 4 amide bonds. The van der Waals surface area contributed by atoms with E-state index in [1.54, 1.807) is 13.8 Å². The van der Waals surface area contributed by atoms with Crippen LogP contribution in [0.4, 0.5) is 4.79 Å². The smallest absolute Gasteiger partial charge is 0.320 e. The predicted molar refractivity (Wildman–Crippen MR) is 280 cm³/mol. The highest BCUT2D eigenvalue weighted by Crippen LogP contribution is 2.24. The molecule has 0 aromatic heterocycles. The first-order chi connectivity index (χ1) is 33.1. The zero-order chi connectivity index (χ0) is 53.4. The summed E-state index contributed by atoms with van der Waals surface area (Å²) < 4.78 is 11.0. The van der Waals surface area contributed by atoms with Gasteiger partial charge in [0.25, 0.3) is 0 Å². The maximum atomic E-state index is 13.8. The molecule has 1 saturated heterocycles. The number of rotatable bonds is 25. The van der Waals surface area contributed by atoms with Gasteiger partial charge in [-0.1, -0.05) is 50.6 Å². The molecule has 71 heavy (non-hydrogen) atoms. The number of ether oxygens (including phenoxy) is 2. The van der Waals surface area contributed by atoms with Crippen molar-refractivity contribution in [1.29, 1.82) is 0 Å². The SMILES string of the molecule is CC(=O)CN1CCN(CC(=O)NCCCCC(=O)N(CCCC[C@H](NC(=O)N[C@H](C)CCC(=O)OC(C)(C)C)C(C)(C)C)Cc2ccc(C)cc2)CCN(CC(C)=O)CCN(CC(=O)OC(C)(C)C)CC1. The van der Waals surface area contributed by atoms with E-state index in [1.165, 1.54) is 0 Å².